The fourth-order valence-corrected chi connectivity index (χ4v) is 2.96. The monoisotopic (exact) mass is 348 g/mol. The van der Waals surface area contributed by atoms with E-state index in [-0.39, 0.29) is 28.9 Å². The first-order valence-electron chi connectivity index (χ1n) is 8.56. The van der Waals surface area contributed by atoms with E-state index in [1.54, 1.807) is 6.08 Å². The number of aliphatic hydroxyl groups is 1. The number of unbranched alkanes of at least 4 members (excludes halogenated alkanes) is 3. The van der Waals surface area contributed by atoms with Crippen LogP contribution in [0.25, 0.3) is 0 Å². The second-order valence-corrected chi connectivity index (χ2v) is 6.43. The highest BCUT2D eigenvalue weighted by Gasteiger charge is 2.68. The lowest BCUT2D eigenvalue weighted by atomic mass is 9.79. The zero-order chi connectivity index (χ0) is 18.6. The summed E-state index contributed by atoms with van der Waals surface area (Å²) in [6.07, 6.45) is 7.88. The molecule has 6 heteroatoms. The normalized spacial score (nSPS) is 26.4. The minimum Gasteiger partial charge on any atom is -0.478 e. The number of ether oxygens (including phenoxy) is 1. The lowest BCUT2D eigenvalue weighted by Gasteiger charge is -2.18. The molecule has 1 fully saturated rings. The van der Waals surface area contributed by atoms with E-state index in [0.717, 1.165) is 25.7 Å². The van der Waals surface area contributed by atoms with Gasteiger partial charge in [-0.15, -0.1) is 0 Å². The van der Waals surface area contributed by atoms with Gasteiger partial charge in [0, 0.05) is 23.1 Å². The Labute approximate surface area is 146 Å². The van der Waals surface area contributed by atoms with Crippen LogP contribution in [0.15, 0.2) is 34.9 Å². The number of aliphatic carboxylic acids is 1. The van der Waals surface area contributed by atoms with Crippen LogP contribution < -0.4 is 0 Å². The maximum atomic E-state index is 12.8. The number of carbonyl (C=O) groups excluding carboxylic acids is 2. The van der Waals surface area contributed by atoms with E-state index in [0.29, 0.717) is 0 Å². The van der Waals surface area contributed by atoms with Gasteiger partial charge in [-0.2, -0.15) is 0 Å². The first-order chi connectivity index (χ1) is 11.9. The molecule has 1 saturated heterocycles. The molecule has 2 rings (SSSR count). The molecule has 2 N–H and O–H groups in total. The Morgan fingerprint density at radius 2 is 2.04 bits per heavy atom. The zero-order valence-corrected chi connectivity index (χ0v) is 14.6. The SMILES string of the molecule is CCCCCC=CC1=C(CO)C(=O)C2OC2(CC=C(C)C(=O)O)C1=O. The number of ketones is 2. The van der Waals surface area contributed by atoms with Gasteiger partial charge in [0.25, 0.3) is 0 Å². The van der Waals surface area contributed by atoms with Crippen molar-refractivity contribution in [2.24, 2.45) is 0 Å². The summed E-state index contributed by atoms with van der Waals surface area (Å²) in [6, 6.07) is 0. The third kappa shape index (κ3) is 3.80. The van der Waals surface area contributed by atoms with Crippen molar-refractivity contribution in [2.45, 2.75) is 57.7 Å². The van der Waals surface area contributed by atoms with E-state index >= 15 is 0 Å². The van der Waals surface area contributed by atoms with Gasteiger partial charge in [0.05, 0.1) is 6.61 Å². The lowest BCUT2D eigenvalue weighted by Crippen LogP contribution is -2.38. The van der Waals surface area contributed by atoms with Crippen molar-refractivity contribution in [3.05, 3.63) is 34.9 Å². The van der Waals surface area contributed by atoms with E-state index in [4.69, 9.17) is 9.84 Å². The summed E-state index contributed by atoms with van der Waals surface area (Å²) < 4.78 is 5.40. The van der Waals surface area contributed by atoms with E-state index in [9.17, 15) is 19.5 Å². The maximum Gasteiger partial charge on any atom is 0.330 e. The van der Waals surface area contributed by atoms with Crippen LogP contribution >= 0.6 is 0 Å². The largest absolute Gasteiger partial charge is 0.478 e. The number of allylic oxidation sites excluding steroid dienone is 2. The van der Waals surface area contributed by atoms with Gasteiger partial charge in [-0.25, -0.2) is 4.79 Å². The van der Waals surface area contributed by atoms with Gasteiger partial charge in [-0.3, -0.25) is 9.59 Å². The first kappa shape index (κ1) is 19.3. The minimum absolute atomic E-state index is 0.0340. The summed E-state index contributed by atoms with van der Waals surface area (Å²) in [5.41, 5.74) is -0.958. The van der Waals surface area contributed by atoms with Gasteiger partial charge in [0.15, 0.2) is 23.3 Å². The Morgan fingerprint density at radius 1 is 1.32 bits per heavy atom. The molecule has 0 amide bonds. The Morgan fingerprint density at radius 3 is 2.64 bits per heavy atom. The smallest absolute Gasteiger partial charge is 0.330 e. The van der Waals surface area contributed by atoms with Crippen molar-refractivity contribution in [3.8, 4) is 0 Å². The van der Waals surface area contributed by atoms with Crippen LogP contribution in [0.4, 0.5) is 0 Å². The van der Waals surface area contributed by atoms with Crippen molar-refractivity contribution in [2.75, 3.05) is 6.61 Å². The van der Waals surface area contributed by atoms with Crippen LogP contribution in [0, 0.1) is 0 Å². The molecule has 0 saturated carbocycles. The lowest BCUT2D eigenvalue weighted by molar-refractivity contribution is -0.132. The van der Waals surface area contributed by atoms with E-state index in [1.807, 2.05) is 6.08 Å². The second kappa shape index (κ2) is 7.89. The molecule has 0 aromatic heterocycles. The molecule has 0 aromatic rings. The number of hydrogen-bond acceptors (Lipinski definition) is 5. The molecule has 2 aliphatic rings. The number of fused-ring (bicyclic) bond motifs is 1. The van der Waals surface area contributed by atoms with E-state index in [1.165, 1.54) is 13.0 Å². The van der Waals surface area contributed by atoms with Gasteiger partial charge >= 0.3 is 5.97 Å². The van der Waals surface area contributed by atoms with Crippen LogP contribution in [0.3, 0.4) is 0 Å². The summed E-state index contributed by atoms with van der Waals surface area (Å²) in [4.78, 5) is 36.2. The molecular formula is C19H24O6. The van der Waals surface area contributed by atoms with Crippen LogP contribution in [-0.2, 0) is 19.1 Å². The Balaban J connectivity index is 2.22. The number of carboxylic acids is 1. The molecular weight excluding hydrogens is 324 g/mol. The van der Waals surface area contributed by atoms with Crippen LogP contribution in [0.1, 0.15) is 46.0 Å². The molecule has 0 bridgehead atoms. The molecule has 1 heterocycles. The summed E-state index contributed by atoms with van der Waals surface area (Å²) in [5, 5.41) is 18.4. The predicted molar refractivity (Wildman–Crippen MR) is 91.0 cm³/mol. The Hall–Kier alpha value is -2.05. The molecule has 0 aromatic carbocycles. The molecule has 0 spiro atoms. The maximum absolute atomic E-state index is 12.8. The average Bonchev–Trinajstić information content (AvgIpc) is 3.33. The number of Topliss-reactive ketones (excluding diaryl/α,β-unsaturated/α-hetero) is 2. The van der Waals surface area contributed by atoms with Crippen LogP contribution in [0.5, 0.6) is 0 Å². The second-order valence-electron chi connectivity index (χ2n) is 6.43. The van der Waals surface area contributed by atoms with Crippen molar-refractivity contribution in [1.29, 1.82) is 0 Å². The summed E-state index contributed by atoms with van der Waals surface area (Å²) in [5.74, 6) is -1.83. The third-order valence-electron chi connectivity index (χ3n) is 4.65. The minimum atomic E-state index is -1.31. The van der Waals surface area contributed by atoms with Crippen molar-refractivity contribution in [1.82, 2.24) is 0 Å². The van der Waals surface area contributed by atoms with Gasteiger partial charge in [0.1, 0.15) is 0 Å². The fourth-order valence-electron chi connectivity index (χ4n) is 2.96. The molecule has 2 unspecified atom stereocenters. The highest BCUT2D eigenvalue weighted by molar-refractivity contribution is 6.22. The number of carbonyl (C=O) groups is 3. The number of hydrogen-bond donors (Lipinski definition) is 2. The van der Waals surface area contributed by atoms with Crippen molar-refractivity contribution < 1.29 is 29.3 Å². The molecule has 0 radical (unpaired) electrons. The standard InChI is InChI=1S/C19H24O6/c1-3-4-5-6-7-8-13-14(11-20)15(21)17-19(25-17,16(13)22)10-9-12(2)18(23)24/h7-9,17,20H,3-6,10-11H2,1-2H3,(H,23,24). The van der Waals surface area contributed by atoms with Gasteiger partial charge in [-0.05, 0) is 19.8 Å². The predicted octanol–water partition coefficient (Wildman–Crippen LogP) is 2.12. The van der Waals surface area contributed by atoms with Gasteiger partial charge in [-0.1, -0.05) is 38.0 Å². The summed E-state index contributed by atoms with van der Waals surface area (Å²) >= 11 is 0. The molecule has 1 aliphatic heterocycles. The topological polar surface area (TPSA) is 104 Å². The molecule has 1 aliphatic carbocycles. The summed E-state index contributed by atoms with van der Waals surface area (Å²) in [7, 11) is 0. The highest BCUT2D eigenvalue weighted by Crippen LogP contribution is 2.48. The van der Waals surface area contributed by atoms with E-state index < -0.39 is 30.1 Å². The Bertz CT molecular complexity index is 669. The van der Waals surface area contributed by atoms with Gasteiger partial charge in [0.2, 0.25) is 0 Å². The average molecular weight is 348 g/mol. The number of epoxide rings is 1. The quantitative estimate of drug-likeness (QED) is 0.376. The number of aliphatic hydroxyl groups excluding tert-OH is 1. The molecule has 6 nitrogen and oxygen atoms in total. The van der Waals surface area contributed by atoms with E-state index in [2.05, 4.69) is 6.92 Å². The van der Waals surface area contributed by atoms with Crippen LogP contribution in [0.2, 0.25) is 0 Å². The third-order valence-corrected chi connectivity index (χ3v) is 4.65. The van der Waals surface area contributed by atoms with Gasteiger partial charge < -0.3 is 14.9 Å². The Kier molecular flexibility index (Phi) is 6.08. The summed E-state index contributed by atoms with van der Waals surface area (Å²) in [6.45, 7) is 3.01. The number of rotatable bonds is 9. The fraction of sp³-hybridized carbons (Fsp3) is 0.526. The van der Waals surface area contributed by atoms with Crippen molar-refractivity contribution >= 4 is 17.5 Å². The van der Waals surface area contributed by atoms with Crippen LogP contribution in [-0.4, -0.2) is 46.1 Å². The number of carboxylic acid groups (broad SMARTS) is 1. The first-order valence-corrected chi connectivity index (χ1v) is 8.56. The molecule has 25 heavy (non-hydrogen) atoms. The molecule has 136 valence electrons. The molecule has 2 atom stereocenters. The highest BCUT2D eigenvalue weighted by atomic mass is 16.6. The van der Waals surface area contributed by atoms with Crippen molar-refractivity contribution in [3.63, 3.8) is 0 Å². The zero-order valence-electron chi connectivity index (χ0n) is 14.6.